The second-order valence-electron chi connectivity index (χ2n) is 8.99. The Balaban J connectivity index is 1.41. The van der Waals surface area contributed by atoms with Crippen molar-refractivity contribution in [3.8, 4) is 11.1 Å². The molecule has 2 aromatic rings. The van der Waals surface area contributed by atoms with Gasteiger partial charge in [0.05, 0.1) is 4.90 Å². The maximum Gasteiger partial charge on any atom is 0.240 e. The number of hydrogen-bond acceptors (Lipinski definition) is 4. The van der Waals surface area contributed by atoms with E-state index in [0.29, 0.717) is 17.5 Å². The van der Waals surface area contributed by atoms with Crippen molar-refractivity contribution < 1.29 is 8.42 Å². The molecule has 2 N–H and O–H groups in total. The molecule has 5 nitrogen and oxygen atoms in total. The van der Waals surface area contributed by atoms with Gasteiger partial charge >= 0.3 is 0 Å². The monoisotopic (exact) mass is 441 g/mol. The van der Waals surface area contributed by atoms with Crippen LogP contribution in [0.1, 0.15) is 49.7 Å². The molecule has 0 unspecified atom stereocenters. The average molecular weight is 442 g/mol. The first-order valence-corrected chi connectivity index (χ1v) is 13.1. The van der Waals surface area contributed by atoms with E-state index in [4.69, 9.17) is 0 Å². The molecule has 2 aliphatic rings. The molecular formula is C25H35N3O2S. The van der Waals surface area contributed by atoms with Crippen molar-refractivity contribution in [2.75, 3.05) is 26.2 Å². The van der Waals surface area contributed by atoms with Crippen molar-refractivity contribution >= 4 is 10.0 Å². The maximum absolute atomic E-state index is 12.8. The summed E-state index contributed by atoms with van der Waals surface area (Å²) in [6.07, 6.45) is 7.65. The van der Waals surface area contributed by atoms with Crippen molar-refractivity contribution in [3.63, 3.8) is 0 Å². The summed E-state index contributed by atoms with van der Waals surface area (Å²) in [6.45, 7) is 6.14. The van der Waals surface area contributed by atoms with Crippen LogP contribution in [-0.4, -0.2) is 45.5 Å². The first-order chi connectivity index (χ1) is 15.0. The quantitative estimate of drug-likeness (QED) is 0.616. The smallest absolute Gasteiger partial charge is 0.240 e. The van der Waals surface area contributed by atoms with Crippen LogP contribution >= 0.6 is 0 Å². The third-order valence-electron chi connectivity index (χ3n) is 6.59. The van der Waals surface area contributed by atoms with Gasteiger partial charge < -0.3 is 10.2 Å². The van der Waals surface area contributed by atoms with Crippen LogP contribution < -0.4 is 10.0 Å². The summed E-state index contributed by atoms with van der Waals surface area (Å²) < 4.78 is 28.4. The second kappa shape index (κ2) is 10.3. The SMILES string of the molecule is Cc1cc(-c2cccc(CNC3CCCC3)c2)ccc1S(=O)(=O)NCCN1CCCC1. The second-order valence-corrected chi connectivity index (χ2v) is 10.7. The Hall–Kier alpha value is -1.73. The van der Waals surface area contributed by atoms with Crippen LogP contribution in [0.5, 0.6) is 0 Å². The molecule has 1 heterocycles. The molecule has 0 aromatic heterocycles. The fourth-order valence-electron chi connectivity index (χ4n) is 4.81. The van der Waals surface area contributed by atoms with Crippen molar-refractivity contribution in [1.29, 1.82) is 0 Å². The van der Waals surface area contributed by atoms with E-state index in [0.717, 1.165) is 42.9 Å². The summed E-state index contributed by atoms with van der Waals surface area (Å²) in [7, 11) is -3.49. The summed E-state index contributed by atoms with van der Waals surface area (Å²) in [4.78, 5) is 2.68. The molecule has 0 spiro atoms. The van der Waals surface area contributed by atoms with Crippen molar-refractivity contribution in [2.24, 2.45) is 0 Å². The highest BCUT2D eigenvalue weighted by atomic mass is 32.2. The minimum absolute atomic E-state index is 0.372. The van der Waals surface area contributed by atoms with Crippen LogP contribution in [0.3, 0.4) is 0 Å². The topological polar surface area (TPSA) is 61.4 Å². The third-order valence-corrected chi connectivity index (χ3v) is 8.21. The van der Waals surface area contributed by atoms with Gasteiger partial charge in [0.25, 0.3) is 0 Å². The first kappa shape index (κ1) is 22.5. The molecule has 1 aliphatic carbocycles. The van der Waals surface area contributed by atoms with Gasteiger partial charge in [-0.2, -0.15) is 0 Å². The molecule has 2 aromatic carbocycles. The Morgan fingerprint density at radius 1 is 0.968 bits per heavy atom. The molecule has 4 rings (SSSR count). The van der Waals surface area contributed by atoms with Gasteiger partial charge in [-0.1, -0.05) is 43.2 Å². The summed E-state index contributed by atoms with van der Waals surface area (Å²) >= 11 is 0. The highest BCUT2D eigenvalue weighted by Gasteiger charge is 2.19. The molecule has 0 amide bonds. The predicted molar refractivity (Wildman–Crippen MR) is 127 cm³/mol. The lowest BCUT2D eigenvalue weighted by atomic mass is 10.0. The Bertz CT molecular complexity index is 978. The number of nitrogens with zero attached hydrogens (tertiary/aromatic N) is 1. The number of rotatable bonds is 9. The Kier molecular flexibility index (Phi) is 7.43. The molecular weight excluding hydrogens is 406 g/mol. The largest absolute Gasteiger partial charge is 0.310 e. The summed E-state index contributed by atoms with van der Waals surface area (Å²) in [5.74, 6) is 0. The molecule has 168 valence electrons. The standard InChI is InChI=1S/C25H35N3O2S/c1-20-17-23(22-8-6-7-21(18-22)19-26-24-9-2-3-10-24)11-12-25(20)31(29,30)27-13-16-28-14-4-5-15-28/h6-8,11-12,17-18,24,26-27H,2-5,9-10,13-16,19H2,1H3. The number of aryl methyl sites for hydroxylation is 1. The van der Waals surface area contributed by atoms with Crippen molar-refractivity contribution in [1.82, 2.24) is 14.9 Å². The Morgan fingerprint density at radius 2 is 1.71 bits per heavy atom. The van der Waals surface area contributed by atoms with Gasteiger partial charge in [0, 0.05) is 25.7 Å². The maximum atomic E-state index is 12.8. The molecule has 31 heavy (non-hydrogen) atoms. The van der Waals surface area contributed by atoms with Crippen LogP contribution in [-0.2, 0) is 16.6 Å². The van der Waals surface area contributed by atoms with Crippen LogP contribution in [0, 0.1) is 6.92 Å². The molecule has 0 atom stereocenters. The molecule has 1 saturated carbocycles. The lowest BCUT2D eigenvalue weighted by molar-refractivity contribution is 0.344. The van der Waals surface area contributed by atoms with Gasteiger partial charge in [-0.05, 0) is 80.1 Å². The van der Waals surface area contributed by atoms with E-state index in [9.17, 15) is 8.42 Å². The number of benzene rings is 2. The number of hydrogen-bond donors (Lipinski definition) is 2. The zero-order valence-electron chi connectivity index (χ0n) is 18.6. The van der Waals surface area contributed by atoms with Gasteiger partial charge in [0.1, 0.15) is 0 Å². The van der Waals surface area contributed by atoms with Gasteiger partial charge in [-0.3, -0.25) is 0 Å². The number of likely N-dealkylation sites (tertiary alicyclic amines) is 1. The molecule has 1 aliphatic heterocycles. The molecule has 6 heteroatoms. The molecule has 1 saturated heterocycles. The number of sulfonamides is 1. The molecule has 0 radical (unpaired) electrons. The van der Waals surface area contributed by atoms with Gasteiger partial charge in [0.2, 0.25) is 10.0 Å². The Morgan fingerprint density at radius 3 is 2.45 bits per heavy atom. The lowest BCUT2D eigenvalue weighted by Crippen LogP contribution is -2.33. The molecule has 2 fully saturated rings. The fraction of sp³-hybridized carbons (Fsp3) is 0.520. The van der Waals surface area contributed by atoms with Gasteiger partial charge in [-0.15, -0.1) is 0 Å². The van der Waals surface area contributed by atoms with E-state index in [1.807, 2.05) is 19.1 Å². The molecule has 0 bridgehead atoms. The summed E-state index contributed by atoms with van der Waals surface area (Å²) in [6, 6.07) is 14.8. The fourth-order valence-corrected chi connectivity index (χ4v) is 6.05. The van der Waals surface area contributed by atoms with E-state index in [2.05, 4.69) is 39.2 Å². The van der Waals surface area contributed by atoms with Crippen LogP contribution in [0.25, 0.3) is 11.1 Å². The summed E-state index contributed by atoms with van der Waals surface area (Å²) in [5, 5.41) is 3.67. The minimum atomic E-state index is -3.49. The first-order valence-electron chi connectivity index (χ1n) is 11.7. The highest BCUT2D eigenvalue weighted by Crippen LogP contribution is 2.26. The third kappa shape index (κ3) is 5.95. The van der Waals surface area contributed by atoms with E-state index in [1.54, 1.807) is 6.07 Å². The van der Waals surface area contributed by atoms with Crippen LogP contribution in [0.2, 0.25) is 0 Å². The van der Waals surface area contributed by atoms with E-state index >= 15 is 0 Å². The zero-order valence-corrected chi connectivity index (χ0v) is 19.4. The average Bonchev–Trinajstić information content (AvgIpc) is 3.46. The van der Waals surface area contributed by atoms with Crippen LogP contribution in [0.15, 0.2) is 47.4 Å². The Labute approximate surface area is 187 Å². The predicted octanol–water partition coefficient (Wildman–Crippen LogP) is 4.07. The van der Waals surface area contributed by atoms with E-state index < -0.39 is 10.0 Å². The van der Waals surface area contributed by atoms with E-state index in [-0.39, 0.29) is 0 Å². The van der Waals surface area contributed by atoms with E-state index in [1.165, 1.54) is 44.1 Å². The normalized spacial score (nSPS) is 18.1. The zero-order chi connectivity index (χ0) is 21.7. The van der Waals surface area contributed by atoms with Crippen molar-refractivity contribution in [2.45, 2.75) is 62.9 Å². The van der Waals surface area contributed by atoms with Crippen LogP contribution in [0.4, 0.5) is 0 Å². The summed E-state index contributed by atoms with van der Waals surface area (Å²) in [5.41, 5.74) is 4.22. The van der Waals surface area contributed by atoms with Gasteiger partial charge in [-0.25, -0.2) is 13.1 Å². The van der Waals surface area contributed by atoms with Crippen molar-refractivity contribution in [3.05, 3.63) is 53.6 Å². The lowest BCUT2D eigenvalue weighted by Gasteiger charge is -2.16. The van der Waals surface area contributed by atoms with Gasteiger partial charge in [0.15, 0.2) is 0 Å². The minimum Gasteiger partial charge on any atom is -0.310 e. The highest BCUT2D eigenvalue weighted by molar-refractivity contribution is 7.89. The number of nitrogens with one attached hydrogen (secondary N) is 2.